The van der Waals surface area contributed by atoms with E-state index in [0.29, 0.717) is 16.2 Å². The molecule has 1 aromatic rings. The average molecular weight is 314 g/mol. The van der Waals surface area contributed by atoms with Crippen LogP contribution in [0.4, 0.5) is 4.79 Å². The van der Waals surface area contributed by atoms with E-state index in [2.05, 4.69) is 4.28 Å². The van der Waals surface area contributed by atoms with Crippen LogP contribution >= 0.6 is 0 Å². The molecule has 2 aliphatic heterocycles. The van der Waals surface area contributed by atoms with Crippen LogP contribution in [0.3, 0.4) is 0 Å². The topological polar surface area (TPSA) is 124 Å². The molecule has 3 rings (SSSR count). The van der Waals surface area contributed by atoms with E-state index >= 15 is 0 Å². The third-order valence-corrected chi connectivity index (χ3v) is 3.81. The van der Waals surface area contributed by atoms with Gasteiger partial charge in [0.2, 0.25) is 0 Å². The molecular weight excluding hydrogens is 304 g/mol. The minimum atomic E-state index is -4.89. The third-order valence-electron chi connectivity index (χ3n) is 3.46. The second kappa shape index (κ2) is 4.41. The van der Waals surface area contributed by atoms with Gasteiger partial charge in [0.25, 0.3) is 0 Å². The Morgan fingerprint density at radius 3 is 2.48 bits per heavy atom. The molecule has 0 aliphatic carbocycles. The highest BCUT2D eigenvalue weighted by Crippen LogP contribution is 2.43. The Kier molecular flexibility index (Phi) is 2.90. The van der Waals surface area contributed by atoms with Crippen molar-refractivity contribution in [1.82, 2.24) is 9.96 Å². The van der Waals surface area contributed by atoms with Crippen LogP contribution in [0.2, 0.25) is 0 Å². The summed E-state index contributed by atoms with van der Waals surface area (Å²) in [6.45, 7) is -0.0394. The SMILES string of the molecule is O=C(O)C1c2ccccc2C2CN1C(=O)N2OS(=O)(=O)O. The van der Waals surface area contributed by atoms with Crippen molar-refractivity contribution in [3.63, 3.8) is 0 Å². The van der Waals surface area contributed by atoms with Gasteiger partial charge in [-0.2, -0.15) is 13.5 Å². The maximum atomic E-state index is 12.1. The number of carbonyl (C=O) groups excluding carboxylic acids is 1. The second-order valence-electron chi connectivity index (χ2n) is 4.65. The zero-order chi connectivity index (χ0) is 15.4. The highest BCUT2D eigenvalue weighted by atomic mass is 32.3. The van der Waals surface area contributed by atoms with Gasteiger partial charge in [0.05, 0.1) is 6.54 Å². The predicted molar refractivity (Wildman–Crippen MR) is 66.1 cm³/mol. The zero-order valence-corrected chi connectivity index (χ0v) is 11.2. The first kappa shape index (κ1) is 13.8. The van der Waals surface area contributed by atoms with E-state index in [1.165, 1.54) is 0 Å². The van der Waals surface area contributed by atoms with Gasteiger partial charge in [-0.25, -0.2) is 9.59 Å². The molecule has 2 heterocycles. The van der Waals surface area contributed by atoms with Crippen molar-refractivity contribution in [2.24, 2.45) is 0 Å². The van der Waals surface area contributed by atoms with Crippen LogP contribution in [-0.4, -0.2) is 46.6 Å². The molecule has 0 aromatic heterocycles. The lowest BCUT2D eigenvalue weighted by molar-refractivity contribution is -0.142. The molecule has 2 unspecified atom stereocenters. The molecule has 2 amide bonds. The molecule has 112 valence electrons. The Bertz CT molecular complexity index is 732. The molecule has 0 saturated carbocycles. The van der Waals surface area contributed by atoms with Crippen molar-refractivity contribution < 1.29 is 31.9 Å². The van der Waals surface area contributed by atoms with Gasteiger partial charge < -0.3 is 10.0 Å². The van der Waals surface area contributed by atoms with Crippen LogP contribution < -0.4 is 0 Å². The first-order valence-electron chi connectivity index (χ1n) is 5.88. The molecule has 2 N–H and O–H groups in total. The van der Waals surface area contributed by atoms with Crippen LogP contribution in [0.25, 0.3) is 0 Å². The minimum absolute atomic E-state index is 0.0394. The summed E-state index contributed by atoms with van der Waals surface area (Å²) in [7, 11) is -4.89. The lowest BCUT2D eigenvalue weighted by Crippen LogP contribution is -2.38. The Morgan fingerprint density at radius 1 is 1.29 bits per heavy atom. The van der Waals surface area contributed by atoms with Crippen molar-refractivity contribution in [3.05, 3.63) is 35.4 Å². The van der Waals surface area contributed by atoms with Gasteiger partial charge in [-0.05, 0) is 11.1 Å². The van der Waals surface area contributed by atoms with Crippen LogP contribution in [0.5, 0.6) is 0 Å². The number of amides is 2. The summed E-state index contributed by atoms with van der Waals surface area (Å²) in [6, 6.07) is 3.46. The molecular formula is C11H10N2O7S. The first-order valence-corrected chi connectivity index (χ1v) is 7.24. The average Bonchev–Trinajstić information content (AvgIpc) is 2.64. The largest absolute Gasteiger partial charge is 0.479 e. The number of carboxylic acid groups (broad SMARTS) is 1. The third kappa shape index (κ3) is 2.13. The van der Waals surface area contributed by atoms with Crippen molar-refractivity contribution >= 4 is 22.4 Å². The smallest absolute Gasteiger partial charge is 0.418 e. The number of carboxylic acids is 1. The summed E-state index contributed by atoms with van der Waals surface area (Å²) in [4.78, 5) is 24.5. The Hall–Kier alpha value is -2.17. The number of carbonyl (C=O) groups is 2. The lowest BCUT2D eigenvalue weighted by Gasteiger charge is -2.29. The summed E-state index contributed by atoms with van der Waals surface area (Å²) in [5, 5.41) is 9.80. The van der Waals surface area contributed by atoms with E-state index in [4.69, 9.17) is 4.55 Å². The van der Waals surface area contributed by atoms with Gasteiger partial charge in [0.1, 0.15) is 6.04 Å². The number of rotatable bonds is 3. The molecule has 1 aromatic carbocycles. The van der Waals surface area contributed by atoms with Crippen LogP contribution in [0.1, 0.15) is 23.2 Å². The number of nitrogens with zero attached hydrogens (tertiary/aromatic N) is 2. The Balaban J connectivity index is 2.11. The fraction of sp³-hybridized carbons (Fsp3) is 0.273. The Morgan fingerprint density at radius 2 is 1.90 bits per heavy atom. The fourth-order valence-corrected chi connectivity index (χ4v) is 3.09. The summed E-state index contributed by atoms with van der Waals surface area (Å²) >= 11 is 0. The summed E-state index contributed by atoms with van der Waals surface area (Å²) in [5.41, 5.74) is 0.853. The van der Waals surface area contributed by atoms with Crippen LogP contribution in [0, 0.1) is 0 Å². The molecule has 10 heteroatoms. The maximum Gasteiger partial charge on any atom is 0.418 e. The summed E-state index contributed by atoms with van der Waals surface area (Å²) < 4.78 is 34.8. The van der Waals surface area contributed by atoms with E-state index in [1.54, 1.807) is 24.3 Å². The van der Waals surface area contributed by atoms with Crippen molar-refractivity contribution in [1.29, 1.82) is 0 Å². The summed E-state index contributed by atoms with van der Waals surface area (Å²) in [5.74, 6) is -1.23. The van der Waals surface area contributed by atoms with Crippen molar-refractivity contribution in [3.8, 4) is 0 Å². The second-order valence-corrected chi connectivity index (χ2v) is 5.65. The molecule has 21 heavy (non-hydrogen) atoms. The van der Waals surface area contributed by atoms with E-state index < -0.39 is 34.5 Å². The molecule has 0 spiro atoms. The number of hydrogen-bond acceptors (Lipinski definition) is 5. The van der Waals surface area contributed by atoms with Crippen molar-refractivity contribution in [2.45, 2.75) is 12.1 Å². The van der Waals surface area contributed by atoms with Crippen molar-refractivity contribution in [2.75, 3.05) is 6.54 Å². The monoisotopic (exact) mass is 314 g/mol. The predicted octanol–water partition coefficient (Wildman–Crippen LogP) is 0.339. The maximum absolute atomic E-state index is 12.1. The number of aliphatic carboxylic acids is 1. The number of hydrogen-bond donors (Lipinski definition) is 2. The quantitative estimate of drug-likeness (QED) is 0.771. The summed E-state index contributed by atoms with van der Waals surface area (Å²) in [6.07, 6.45) is 0. The van der Waals surface area contributed by atoms with Gasteiger partial charge in [-0.1, -0.05) is 24.3 Å². The number of fused-ring (bicyclic) bond motifs is 4. The van der Waals surface area contributed by atoms with Gasteiger partial charge >= 0.3 is 22.4 Å². The van der Waals surface area contributed by atoms with Gasteiger partial charge in [-0.3, -0.25) is 4.55 Å². The van der Waals surface area contributed by atoms with E-state index in [-0.39, 0.29) is 6.54 Å². The number of benzene rings is 1. The van der Waals surface area contributed by atoms with Crippen LogP contribution in [-0.2, 0) is 19.5 Å². The molecule has 1 fully saturated rings. The van der Waals surface area contributed by atoms with E-state index in [9.17, 15) is 23.1 Å². The number of urea groups is 1. The minimum Gasteiger partial charge on any atom is -0.479 e. The normalized spacial score (nSPS) is 24.1. The number of hydroxylamine groups is 2. The van der Waals surface area contributed by atoms with Gasteiger partial charge in [-0.15, -0.1) is 4.28 Å². The Labute approximate surface area is 119 Å². The lowest BCUT2D eigenvalue weighted by atomic mass is 9.91. The molecule has 1 saturated heterocycles. The molecule has 2 bridgehead atoms. The highest BCUT2D eigenvalue weighted by Gasteiger charge is 2.52. The molecule has 2 aliphatic rings. The van der Waals surface area contributed by atoms with Gasteiger partial charge in [0, 0.05) is 0 Å². The van der Waals surface area contributed by atoms with Gasteiger partial charge in [0.15, 0.2) is 6.04 Å². The first-order chi connectivity index (χ1) is 9.79. The van der Waals surface area contributed by atoms with E-state index in [0.717, 1.165) is 4.90 Å². The molecule has 9 nitrogen and oxygen atoms in total. The molecule has 2 atom stereocenters. The fourth-order valence-electron chi connectivity index (χ4n) is 2.72. The zero-order valence-electron chi connectivity index (χ0n) is 10.4. The molecule has 0 radical (unpaired) electrons. The highest BCUT2D eigenvalue weighted by molar-refractivity contribution is 7.80. The van der Waals surface area contributed by atoms with E-state index in [1.807, 2.05) is 0 Å². The van der Waals surface area contributed by atoms with Crippen LogP contribution in [0.15, 0.2) is 24.3 Å². The standard InChI is InChI=1S/C11H10N2O7S/c14-10(15)9-7-4-2-1-3-6(7)8-5-12(9)11(16)13(8)20-21(17,18)19/h1-4,8-9H,5H2,(H,14,15)(H,17,18,19).